The van der Waals surface area contributed by atoms with E-state index in [1.165, 1.54) is 6.92 Å². The fourth-order valence-corrected chi connectivity index (χ4v) is 2.96. The number of hydrogen-bond donors (Lipinski definition) is 1. The number of benzene rings is 3. The first-order valence-corrected chi connectivity index (χ1v) is 9.00. The van der Waals surface area contributed by atoms with E-state index in [0.29, 0.717) is 36.0 Å². The third kappa shape index (κ3) is 3.76. The van der Waals surface area contributed by atoms with Crippen LogP contribution in [0.25, 0.3) is 10.8 Å². The smallest absolute Gasteiger partial charge is 0.338 e. The van der Waals surface area contributed by atoms with Gasteiger partial charge in [-0.3, -0.25) is 4.79 Å². The van der Waals surface area contributed by atoms with Crippen molar-refractivity contribution < 1.29 is 23.8 Å². The van der Waals surface area contributed by atoms with Gasteiger partial charge in [0.05, 0.1) is 5.56 Å². The van der Waals surface area contributed by atoms with Crippen molar-refractivity contribution in [1.29, 1.82) is 0 Å². The van der Waals surface area contributed by atoms with Crippen LogP contribution in [0.5, 0.6) is 11.5 Å². The molecule has 0 radical (unpaired) electrons. The molecule has 142 valence electrons. The highest BCUT2D eigenvalue weighted by Gasteiger charge is 2.20. The molecule has 1 amide bonds. The monoisotopic (exact) mass is 377 g/mol. The number of carbonyl (C=O) groups excluding carboxylic acids is 2. The maximum absolute atomic E-state index is 12.4. The molecule has 6 heteroatoms. The van der Waals surface area contributed by atoms with Crippen molar-refractivity contribution in [1.82, 2.24) is 0 Å². The zero-order valence-corrected chi connectivity index (χ0v) is 15.3. The molecule has 1 heterocycles. The van der Waals surface area contributed by atoms with Gasteiger partial charge in [0.25, 0.3) is 5.91 Å². The van der Waals surface area contributed by atoms with E-state index in [1.807, 2.05) is 30.3 Å². The summed E-state index contributed by atoms with van der Waals surface area (Å²) in [6, 6.07) is 18.2. The van der Waals surface area contributed by atoms with Crippen LogP contribution in [-0.4, -0.2) is 31.2 Å². The molecule has 0 saturated heterocycles. The van der Waals surface area contributed by atoms with Crippen molar-refractivity contribution in [3.8, 4) is 11.5 Å². The average Bonchev–Trinajstić information content (AvgIpc) is 2.73. The second kappa shape index (κ2) is 7.60. The summed E-state index contributed by atoms with van der Waals surface area (Å²) >= 11 is 0. The molecule has 1 aliphatic heterocycles. The summed E-state index contributed by atoms with van der Waals surface area (Å²) in [5.74, 6) is 0.242. The van der Waals surface area contributed by atoms with Crippen LogP contribution in [0.1, 0.15) is 17.3 Å². The normalized spacial score (nSPS) is 13.6. The van der Waals surface area contributed by atoms with Crippen LogP contribution in [0.3, 0.4) is 0 Å². The summed E-state index contributed by atoms with van der Waals surface area (Å²) in [7, 11) is 0. The van der Waals surface area contributed by atoms with Gasteiger partial charge >= 0.3 is 5.97 Å². The van der Waals surface area contributed by atoms with Crippen molar-refractivity contribution in [2.45, 2.75) is 13.0 Å². The highest BCUT2D eigenvalue weighted by molar-refractivity contribution is 5.99. The van der Waals surface area contributed by atoms with Gasteiger partial charge in [0.1, 0.15) is 13.2 Å². The molecule has 3 aromatic carbocycles. The Morgan fingerprint density at radius 1 is 0.929 bits per heavy atom. The largest absolute Gasteiger partial charge is 0.486 e. The minimum Gasteiger partial charge on any atom is -0.486 e. The molecule has 1 N–H and O–H groups in total. The number of hydrogen-bond acceptors (Lipinski definition) is 5. The molecule has 0 aliphatic carbocycles. The Bertz CT molecular complexity index is 1050. The summed E-state index contributed by atoms with van der Waals surface area (Å²) in [4.78, 5) is 24.8. The van der Waals surface area contributed by atoms with Gasteiger partial charge in [0, 0.05) is 11.8 Å². The van der Waals surface area contributed by atoms with Crippen molar-refractivity contribution in [2.75, 3.05) is 18.5 Å². The third-order valence-electron chi connectivity index (χ3n) is 4.45. The summed E-state index contributed by atoms with van der Waals surface area (Å²) in [6.07, 6.45) is -0.952. The fourth-order valence-electron chi connectivity index (χ4n) is 2.96. The van der Waals surface area contributed by atoms with Crippen LogP contribution < -0.4 is 14.8 Å². The Morgan fingerprint density at radius 2 is 1.68 bits per heavy atom. The SMILES string of the molecule is CC(OC(=O)c1ccc2ccccc2c1)C(=O)Nc1ccc2c(c1)OCCO2. The number of fused-ring (bicyclic) bond motifs is 2. The minimum atomic E-state index is -0.952. The zero-order chi connectivity index (χ0) is 19.5. The molecule has 3 aromatic rings. The summed E-state index contributed by atoms with van der Waals surface area (Å²) in [6.45, 7) is 2.50. The lowest BCUT2D eigenvalue weighted by Gasteiger charge is -2.19. The quantitative estimate of drug-likeness (QED) is 0.700. The Balaban J connectivity index is 1.41. The number of amides is 1. The highest BCUT2D eigenvalue weighted by Crippen LogP contribution is 2.32. The molecule has 6 nitrogen and oxygen atoms in total. The van der Waals surface area contributed by atoms with Crippen LogP contribution in [0.2, 0.25) is 0 Å². The first-order valence-electron chi connectivity index (χ1n) is 9.00. The van der Waals surface area contributed by atoms with Crippen molar-refractivity contribution in [3.05, 3.63) is 66.2 Å². The number of rotatable bonds is 4. The van der Waals surface area contributed by atoms with Gasteiger partial charge in [-0.05, 0) is 42.0 Å². The Kier molecular flexibility index (Phi) is 4.85. The molecular weight excluding hydrogens is 358 g/mol. The van der Waals surface area contributed by atoms with Crippen molar-refractivity contribution in [3.63, 3.8) is 0 Å². The topological polar surface area (TPSA) is 73.9 Å². The predicted molar refractivity (Wildman–Crippen MR) is 105 cm³/mol. The second-order valence-electron chi connectivity index (χ2n) is 6.46. The van der Waals surface area contributed by atoms with Gasteiger partial charge in [-0.25, -0.2) is 4.79 Å². The van der Waals surface area contributed by atoms with Crippen LogP contribution >= 0.6 is 0 Å². The van der Waals surface area contributed by atoms with Gasteiger partial charge in [-0.2, -0.15) is 0 Å². The van der Waals surface area contributed by atoms with Gasteiger partial charge in [0.15, 0.2) is 17.6 Å². The van der Waals surface area contributed by atoms with Crippen LogP contribution in [-0.2, 0) is 9.53 Å². The molecule has 4 rings (SSSR count). The molecular formula is C22H19NO5. The van der Waals surface area contributed by atoms with Gasteiger partial charge in [0.2, 0.25) is 0 Å². The minimum absolute atomic E-state index is 0.401. The van der Waals surface area contributed by atoms with E-state index in [-0.39, 0.29) is 0 Å². The highest BCUT2D eigenvalue weighted by atomic mass is 16.6. The first-order chi connectivity index (χ1) is 13.6. The molecule has 0 fully saturated rings. The maximum atomic E-state index is 12.4. The van der Waals surface area contributed by atoms with E-state index >= 15 is 0 Å². The Morgan fingerprint density at radius 3 is 2.50 bits per heavy atom. The second-order valence-corrected chi connectivity index (χ2v) is 6.46. The Hall–Kier alpha value is -3.54. The third-order valence-corrected chi connectivity index (χ3v) is 4.45. The molecule has 28 heavy (non-hydrogen) atoms. The number of esters is 1. The summed E-state index contributed by atoms with van der Waals surface area (Å²) in [5, 5.41) is 4.69. The molecule has 1 aliphatic rings. The summed E-state index contributed by atoms with van der Waals surface area (Å²) in [5.41, 5.74) is 0.945. The van der Waals surface area contributed by atoms with Crippen molar-refractivity contribution in [2.24, 2.45) is 0 Å². The Labute approximate surface area is 162 Å². The average molecular weight is 377 g/mol. The van der Waals surface area contributed by atoms with Gasteiger partial charge in [-0.1, -0.05) is 30.3 Å². The standard InChI is InChI=1S/C22H19NO5/c1-14(21(24)23-18-8-9-19-20(13-18)27-11-10-26-19)28-22(25)17-7-6-15-4-2-3-5-16(15)12-17/h2-9,12-14H,10-11H2,1H3,(H,23,24). The van der Waals surface area contributed by atoms with E-state index in [1.54, 1.807) is 30.3 Å². The lowest BCUT2D eigenvalue weighted by molar-refractivity contribution is -0.123. The first kappa shape index (κ1) is 17.9. The van der Waals surface area contributed by atoms with E-state index in [0.717, 1.165) is 10.8 Å². The molecule has 0 bridgehead atoms. The predicted octanol–water partition coefficient (Wildman–Crippen LogP) is 3.80. The van der Waals surface area contributed by atoms with Gasteiger partial charge < -0.3 is 19.5 Å². The number of carbonyl (C=O) groups is 2. The van der Waals surface area contributed by atoms with E-state index in [4.69, 9.17) is 14.2 Å². The number of ether oxygens (including phenoxy) is 3. The molecule has 0 spiro atoms. The lowest BCUT2D eigenvalue weighted by atomic mass is 10.1. The molecule has 1 unspecified atom stereocenters. The fraction of sp³-hybridized carbons (Fsp3) is 0.182. The maximum Gasteiger partial charge on any atom is 0.338 e. The van der Waals surface area contributed by atoms with E-state index in [2.05, 4.69) is 5.32 Å². The van der Waals surface area contributed by atoms with E-state index < -0.39 is 18.0 Å². The number of anilines is 1. The van der Waals surface area contributed by atoms with Crippen LogP contribution in [0, 0.1) is 0 Å². The zero-order valence-electron chi connectivity index (χ0n) is 15.3. The summed E-state index contributed by atoms with van der Waals surface area (Å²) < 4.78 is 16.3. The molecule has 1 atom stereocenters. The van der Waals surface area contributed by atoms with Gasteiger partial charge in [-0.15, -0.1) is 0 Å². The number of nitrogens with one attached hydrogen (secondary N) is 1. The van der Waals surface area contributed by atoms with E-state index in [9.17, 15) is 9.59 Å². The molecule has 0 aromatic heterocycles. The lowest BCUT2D eigenvalue weighted by Crippen LogP contribution is -2.30. The molecule has 0 saturated carbocycles. The van der Waals surface area contributed by atoms with Crippen LogP contribution in [0.15, 0.2) is 60.7 Å². The van der Waals surface area contributed by atoms with Crippen LogP contribution in [0.4, 0.5) is 5.69 Å². The van der Waals surface area contributed by atoms with Crippen molar-refractivity contribution >= 4 is 28.3 Å².